The van der Waals surface area contributed by atoms with Gasteiger partial charge in [-0.15, -0.1) is 0 Å². The summed E-state index contributed by atoms with van der Waals surface area (Å²) in [7, 11) is -2.82. The SMILES string of the molecule is CCS(=O)(=O)CCCc1cccc2c1CCNC2. The number of fused-ring (bicyclic) bond motifs is 1. The Bertz CT molecular complexity index is 509. The molecule has 0 radical (unpaired) electrons. The molecular weight excluding hydrogens is 246 g/mol. The van der Waals surface area contributed by atoms with Crippen molar-refractivity contribution >= 4 is 9.84 Å². The highest BCUT2D eigenvalue weighted by Crippen LogP contribution is 2.20. The Kier molecular flexibility index (Phi) is 4.40. The van der Waals surface area contributed by atoms with Crippen molar-refractivity contribution in [3.05, 3.63) is 34.9 Å². The fourth-order valence-corrected chi connectivity index (χ4v) is 3.34. The van der Waals surface area contributed by atoms with Gasteiger partial charge < -0.3 is 5.32 Å². The second-order valence-electron chi connectivity index (χ2n) is 4.82. The highest BCUT2D eigenvalue weighted by atomic mass is 32.2. The Balaban J connectivity index is 2.02. The maximum atomic E-state index is 11.5. The van der Waals surface area contributed by atoms with E-state index in [1.165, 1.54) is 16.7 Å². The molecule has 1 heterocycles. The zero-order valence-corrected chi connectivity index (χ0v) is 11.7. The smallest absolute Gasteiger partial charge is 0.150 e. The minimum Gasteiger partial charge on any atom is -0.312 e. The van der Waals surface area contributed by atoms with Gasteiger partial charge in [0.1, 0.15) is 9.84 Å². The molecule has 100 valence electrons. The first kappa shape index (κ1) is 13.6. The fraction of sp³-hybridized carbons (Fsp3) is 0.571. The van der Waals surface area contributed by atoms with Crippen LogP contribution in [0, 0.1) is 0 Å². The van der Waals surface area contributed by atoms with Gasteiger partial charge in [-0.3, -0.25) is 0 Å². The molecule has 1 aliphatic rings. The first-order valence-corrected chi connectivity index (χ1v) is 8.45. The maximum Gasteiger partial charge on any atom is 0.150 e. The summed E-state index contributed by atoms with van der Waals surface area (Å²) < 4.78 is 22.9. The van der Waals surface area contributed by atoms with Gasteiger partial charge in [-0.1, -0.05) is 25.1 Å². The largest absolute Gasteiger partial charge is 0.312 e. The molecule has 0 saturated carbocycles. The summed E-state index contributed by atoms with van der Waals surface area (Å²) in [5.41, 5.74) is 4.14. The van der Waals surface area contributed by atoms with Crippen molar-refractivity contribution in [3.8, 4) is 0 Å². The summed E-state index contributed by atoms with van der Waals surface area (Å²) >= 11 is 0. The third kappa shape index (κ3) is 3.33. The topological polar surface area (TPSA) is 46.2 Å². The lowest BCUT2D eigenvalue weighted by molar-refractivity contribution is 0.594. The van der Waals surface area contributed by atoms with Gasteiger partial charge in [0.15, 0.2) is 0 Å². The average Bonchev–Trinajstić information content (AvgIpc) is 2.39. The Morgan fingerprint density at radius 3 is 2.94 bits per heavy atom. The van der Waals surface area contributed by atoms with Gasteiger partial charge in [0.25, 0.3) is 0 Å². The van der Waals surface area contributed by atoms with Crippen LogP contribution in [0.3, 0.4) is 0 Å². The van der Waals surface area contributed by atoms with Crippen LogP contribution >= 0.6 is 0 Å². The van der Waals surface area contributed by atoms with E-state index in [9.17, 15) is 8.42 Å². The quantitative estimate of drug-likeness (QED) is 0.883. The lowest BCUT2D eigenvalue weighted by atomic mass is 9.93. The van der Waals surface area contributed by atoms with Gasteiger partial charge in [0, 0.05) is 12.3 Å². The van der Waals surface area contributed by atoms with Crippen LogP contribution in [0.25, 0.3) is 0 Å². The van der Waals surface area contributed by atoms with E-state index in [4.69, 9.17) is 0 Å². The molecule has 0 bridgehead atoms. The molecule has 0 spiro atoms. The van der Waals surface area contributed by atoms with Crippen molar-refractivity contribution in [3.63, 3.8) is 0 Å². The third-order valence-electron chi connectivity index (χ3n) is 3.58. The highest BCUT2D eigenvalue weighted by Gasteiger charge is 2.13. The van der Waals surface area contributed by atoms with Gasteiger partial charge in [-0.2, -0.15) is 0 Å². The van der Waals surface area contributed by atoms with Crippen LogP contribution in [0.1, 0.15) is 30.0 Å². The zero-order chi connectivity index (χ0) is 13.0. The lowest BCUT2D eigenvalue weighted by Gasteiger charge is -2.20. The van der Waals surface area contributed by atoms with E-state index in [-0.39, 0.29) is 5.75 Å². The molecule has 0 unspecified atom stereocenters. The number of aryl methyl sites for hydroxylation is 1. The van der Waals surface area contributed by atoms with E-state index in [0.29, 0.717) is 5.75 Å². The van der Waals surface area contributed by atoms with Gasteiger partial charge in [0.2, 0.25) is 0 Å². The van der Waals surface area contributed by atoms with E-state index >= 15 is 0 Å². The van der Waals surface area contributed by atoms with Gasteiger partial charge in [0.05, 0.1) is 5.75 Å². The van der Waals surface area contributed by atoms with Gasteiger partial charge in [-0.25, -0.2) is 8.42 Å². The minimum atomic E-state index is -2.82. The Morgan fingerprint density at radius 2 is 2.17 bits per heavy atom. The Morgan fingerprint density at radius 1 is 1.33 bits per heavy atom. The number of benzene rings is 1. The number of nitrogens with one attached hydrogen (secondary N) is 1. The first-order chi connectivity index (χ1) is 8.62. The minimum absolute atomic E-state index is 0.254. The van der Waals surface area contributed by atoms with Crippen molar-refractivity contribution in [1.29, 1.82) is 0 Å². The van der Waals surface area contributed by atoms with Crippen LogP contribution in [0.15, 0.2) is 18.2 Å². The average molecular weight is 267 g/mol. The summed E-state index contributed by atoms with van der Waals surface area (Å²) in [6.45, 7) is 3.68. The molecule has 3 nitrogen and oxygen atoms in total. The summed E-state index contributed by atoms with van der Waals surface area (Å²) in [6.07, 6.45) is 2.68. The van der Waals surface area contributed by atoms with E-state index in [1.54, 1.807) is 6.92 Å². The van der Waals surface area contributed by atoms with Crippen LogP contribution in [-0.2, 0) is 29.2 Å². The van der Waals surface area contributed by atoms with Crippen LogP contribution in [0.5, 0.6) is 0 Å². The van der Waals surface area contributed by atoms with Crippen molar-refractivity contribution in [2.45, 2.75) is 32.7 Å². The molecular formula is C14H21NO2S. The van der Waals surface area contributed by atoms with E-state index in [2.05, 4.69) is 23.5 Å². The molecule has 1 aromatic rings. The van der Waals surface area contributed by atoms with E-state index in [1.807, 2.05) is 0 Å². The molecule has 0 amide bonds. The molecule has 0 aliphatic carbocycles. The van der Waals surface area contributed by atoms with Crippen molar-refractivity contribution < 1.29 is 8.42 Å². The molecule has 1 N–H and O–H groups in total. The van der Waals surface area contributed by atoms with Gasteiger partial charge >= 0.3 is 0 Å². The van der Waals surface area contributed by atoms with Crippen LogP contribution in [0.4, 0.5) is 0 Å². The molecule has 1 aromatic carbocycles. The van der Waals surface area contributed by atoms with Crippen LogP contribution < -0.4 is 5.32 Å². The normalized spacial score (nSPS) is 15.4. The van der Waals surface area contributed by atoms with E-state index < -0.39 is 9.84 Å². The second kappa shape index (κ2) is 5.85. The Labute approximate surface area is 110 Å². The molecule has 4 heteroatoms. The number of hydrogen-bond donors (Lipinski definition) is 1. The van der Waals surface area contributed by atoms with Gasteiger partial charge in [-0.05, 0) is 42.5 Å². The molecule has 0 atom stereocenters. The summed E-state index contributed by atoms with van der Waals surface area (Å²) in [5, 5.41) is 3.36. The second-order valence-corrected chi connectivity index (χ2v) is 7.29. The number of rotatable bonds is 5. The third-order valence-corrected chi connectivity index (χ3v) is 5.37. The highest BCUT2D eigenvalue weighted by molar-refractivity contribution is 7.91. The Hall–Kier alpha value is -0.870. The van der Waals surface area contributed by atoms with E-state index in [0.717, 1.165) is 32.4 Å². The zero-order valence-electron chi connectivity index (χ0n) is 10.9. The molecule has 0 fully saturated rings. The van der Waals surface area contributed by atoms with Crippen molar-refractivity contribution in [2.24, 2.45) is 0 Å². The standard InChI is InChI=1S/C14H21NO2S/c1-2-18(16,17)10-4-7-12-5-3-6-13-11-15-9-8-14(12)13/h3,5-6,15H,2,4,7-11H2,1H3. The monoisotopic (exact) mass is 267 g/mol. The fourth-order valence-electron chi connectivity index (χ4n) is 2.47. The number of hydrogen-bond acceptors (Lipinski definition) is 3. The summed E-state index contributed by atoms with van der Waals surface area (Å²) in [4.78, 5) is 0. The first-order valence-electron chi connectivity index (χ1n) is 6.63. The predicted octanol–water partition coefficient (Wildman–Crippen LogP) is 1.70. The molecule has 0 aromatic heterocycles. The lowest BCUT2D eigenvalue weighted by Crippen LogP contribution is -2.24. The summed E-state index contributed by atoms with van der Waals surface area (Å²) in [6, 6.07) is 6.38. The maximum absolute atomic E-state index is 11.5. The van der Waals surface area contributed by atoms with Crippen molar-refractivity contribution in [1.82, 2.24) is 5.32 Å². The predicted molar refractivity (Wildman–Crippen MR) is 74.5 cm³/mol. The molecule has 18 heavy (non-hydrogen) atoms. The molecule has 0 saturated heterocycles. The summed E-state index contributed by atoms with van der Waals surface area (Å²) in [5.74, 6) is 0.565. The van der Waals surface area contributed by atoms with Crippen molar-refractivity contribution in [2.75, 3.05) is 18.1 Å². The molecule has 2 rings (SSSR count). The van der Waals surface area contributed by atoms with Crippen LogP contribution in [0.2, 0.25) is 0 Å². The number of sulfone groups is 1. The van der Waals surface area contributed by atoms with Crippen LogP contribution in [-0.4, -0.2) is 26.5 Å². The molecule has 1 aliphatic heterocycles.